The normalized spacial score (nSPS) is 11.2. The quantitative estimate of drug-likeness (QED) is 0.617. The Balaban J connectivity index is 1.84. The van der Waals surface area contributed by atoms with Crippen molar-refractivity contribution < 1.29 is 4.39 Å². The average Bonchev–Trinajstić information content (AvgIpc) is 3.08. The van der Waals surface area contributed by atoms with Crippen LogP contribution >= 0.6 is 0 Å². The second-order valence-electron chi connectivity index (χ2n) is 6.25. The molecular weight excluding hydrogens is 333 g/mol. The number of imidazole rings is 1. The molecule has 0 aliphatic rings. The third-order valence-electron chi connectivity index (χ3n) is 4.23. The molecule has 1 aromatic carbocycles. The third kappa shape index (κ3) is 2.88. The van der Waals surface area contributed by atoms with Crippen molar-refractivity contribution >= 4 is 5.65 Å². The summed E-state index contributed by atoms with van der Waals surface area (Å²) in [5.74, 6) is 0.0885. The van der Waals surface area contributed by atoms with Crippen LogP contribution in [0, 0.1) is 19.7 Å². The molecule has 0 bridgehead atoms. The summed E-state index contributed by atoms with van der Waals surface area (Å²) in [5, 5.41) is 0. The zero-order valence-electron chi connectivity index (χ0n) is 14.3. The lowest BCUT2D eigenvalue weighted by Crippen LogP contribution is -2.12. The topological polar surface area (TPSA) is 75.9 Å². The molecule has 0 spiro atoms. The van der Waals surface area contributed by atoms with Gasteiger partial charge in [-0.05, 0) is 31.0 Å². The molecule has 130 valence electrons. The third-order valence-corrected chi connectivity index (χ3v) is 4.23. The monoisotopic (exact) mass is 349 g/mol. The van der Waals surface area contributed by atoms with Crippen molar-refractivity contribution in [1.29, 1.82) is 0 Å². The van der Waals surface area contributed by atoms with Crippen molar-refractivity contribution in [3.8, 4) is 11.5 Å². The molecule has 0 radical (unpaired) electrons. The Morgan fingerprint density at radius 2 is 2.08 bits per heavy atom. The Labute approximate surface area is 148 Å². The fourth-order valence-corrected chi connectivity index (χ4v) is 2.79. The van der Waals surface area contributed by atoms with E-state index in [0.29, 0.717) is 34.0 Å². The van der Waals surface area contributed by atoms with Crippen LogP contribution in [0.5, 0.6) is 0 Å². The van der Waals surface area contributed by atoms with Gasteiger partial charge in [0.15, 0.2) is 11.5 Å². The van der Waals surface area contributed by atoms with Gasteiger partial charge < -0.3 is 9.38 Å². The van der Waals surface area contributed by atoms with Gasteiger partial charge in [0.25, 0.3) is 5.56 Å². The first kappa shape index (κ1) is 16.1. The molecule has 0 saturated carbocycles. The lowest BCUT2D eigenvalue weighted by Gasteiger charge is -2.08. The van der Waals surface area contributed by atoms with Gasteiger partial charge in [0, 0.05) is 36.8 Å². The van der Waals surface area contributed by atoms with E-state index in [0.717, 1.165) is 5.56 Å². The van der Waals surface area contributed by atoms with Crippen LogP contribution in [-0.4, -0.2) is 24.3 Å². The smallest absolute Gasteiger partial charge is 0.254 e. The van der Waals surface area contributed by atoms with Gasteiger partial charge in [-0.15, -0.1) is 0 Å². The summed E-state index contributed by atoms with van der Waals surface area (Å²) in [4.78, 5) is 27.8. The number of rotatable bonds is 3. The molecule has 4 rings (SSSR count). The number of fused-ring (bicyclic) bond motifs is 1. The van der Waals surface area contributed by atoms with Crippen molar-refractivity contribution in [3.05, 3.63) is 81.5 Å². The minimum Gasteiger partial charge on any atom is -0.305 e. The van der Waals surface area contributed by atoms with E-state index < -0.39 is 0 Å². The maximum Gasteiger partial charge on any atom is 0.254 e. The Kier molecular flexibility index (Phi) is 3.84. The van der Waals surface area contributed by atoms with Gasteiger partial charge in [0.05, 0.1) is 5.69 Å². The van der Waals surface area contributed by atoms with E-state index in [2.05, 4.69) is 19.9 Å². The summed E-state index contributed by atoms with van der Waals surface area (Å²) < 4.78 is 16.1. The fraction of sp³-hybridized carbons (Fsp3) is 0.158. The molecule has 7 heteroatoms. The molecule has 0 amide bonds. The van der Waals surface area contributed by atoms with Crippen molar-refractivity contribution in [1.82, 2.24) is 24.3 Å². The molecule has 0 atom stereocenters. The maximum atomic E-state index is 14.3. The van der Waals surface area contributed by atoms with Gasteiger partial charge in [-0.3, -0.25) is 4.79 Å². The first-order valence-electron chi connectivity index (χ1n) is 8.15. The second kappa shape index (κ2) is 6.18. The van der Waals surface area contributed by atoms with E-state index in [1.165, 1.54) is 12.3 Å². The van der Waals surface area contributed by atoms with Crippen molar-refractivity contribution in [3.63, 3.8) is 0 Å². The van der Waals surface area contributed by atoms with E-state index in [1.807, 2.05) is 13.0 Å². The summed E-state index contributed by atoms with van der Waals surface area (Å²) in [6, 6.07) is 5.12. The number of hydrogen-bond donors (Lipinski definition) is 1. The number of aromatic nitrogens is 5. The highest BCUT2D eigenvalue weighted by atomic mass is 19.1. The highest BCUT2D eigenvalue weighted by Gasteiger charge is 2.13. The summed E-state index contributed by atoms with van der Waals surface area (Å²) >= 11 is 0. The van der Waals surface area contributed by atoms with E-state index in [1.54, 1.807) is 36.0 Å². The van der Waals surface area contributed by atoms with Gasteiger partial charge in [0.2, 0.25) is 0 Å². The SMILES string of the molecule is Cc1ccc(Cc2nc(-c3ncc(C)c(=O)[nH]3)cn3ccnc23)c(F)c1. The lowest BCUT2D eigenvalue weighted by atomic mass is 10.1. The van der Waals surface area contributed by atoms with Gasteiger partial charge in [0.1, 0.15) is 11.5 Å². The summed E-state index contributed by atoms with van der Waals surface area (Å²) in [5.41, 5.74) is 3.46. The molecule has 26 heavy (non-hydrogen) atoms. The first-order valence-corrected chi connectivity index (χ1v) is 8.15. The highest BCUT2D eigenvalue weighted by molar-refractivity contribution is 5.55. The van der Waals surface area contributed by atoms with Crippen LogP contribution in [-0.2, 0) is 6.42 Å². The molecule has 4 aromatic rings. The summed E-state index contributed by atoms with van der Waals surface area (Å²) in [6.45, 7) is 3.53. The van der Waals surface area contributed by atoms with Crippen molar-refractivity contribution in [2.45, 2.75) is 20.3 Å². The Morgan fingerprint density at radius 3 is 2.85 bits per heavy atom. The van der Waals surface area contributed by atoms with Crippen LogP contribution < -0.4 is 5.56 Å². The number of hydrogen-bond acceptors (Lipinski definition) is 4. The zero-order valence-corrected chi connectivity index (χ0v) is 14.3. The average molecular weight is 349 g/mol. The molecule has 6 nitrogen and oxygen atoms in total. The van der Waals surface area contributed by atoms with Crippen molar-refractivity contribution in [2.24, 2.45) is 0 Å². The minimum absolute atomic E-state index is 0.214. The van der Waals surface area contributed by atoms with Crippen LogP contribution in [0.4, 0.5) is 4.39 Å². The van der Waals surface area contributed by atoms with Crippen LogP contribution in [0.2, 0.25) is 0 Å². The highest BCUT2D eigenvalue weighted by Crippen LogP contribution is 2.20. The van der Waals surface area contributed by atoms with E-state index in [9.17, 15) is 9.18 Å². The van der Waals surface area contributed by atoms with E-state index >= 15 is 0 Å². The second-order valence-corrected chi connectivity index (χ2v) is 6.25. The first-order chi connectivity index (χ1) is 12.5. The molecule has 3 heterocycles. The number of aryl methyl sites for hydroxylation is 2. The summed E-state index contributed by atoms with van der Waals surface area (Å²) in [6.07, 6.45) is 6.97. The molecular formula is C19H16FN5O. The van der Waals surface area contributed by atoms with Gasteiger partial charge in [-0.2, -0.15) is 0 Å². The molecule has 0 unspecified atom stereocenters. The van der Waals surface area contributed by atoms with E-state index in [-0.39, 0.29) is 17.8 Å². The number of aromatic amines is 1. The summed E-state index contributed by atoms with van der Waals surface area (Å²) in [7, 11) is 0. The van der Waals surface area contributed by atoms with Crippen LogP contribution in [0.25, 0.3) is 17.2 Å². The largest absolute Gasteiger partial charge is 0.305 e. The van der Waals surface area contributed by atoms with Crippen LogP contribution in [0.15, 0.2) is 47.8 Å². The van der Waals surface area contributed by atoms with Gasteiger partial charge >= 0.3 is 0 Å². The number of halogens is 1. The number of nitrogens with one attached hydrogen (secondary N) is 1. The zero-order chi connectivity index (χ0) is 18.3. The van der Waals surface area contributed by atoms with Crippen LogP contribution in [0.1, 0.15) is 22.4 Å². The fourth-order valence-electron chi connectivity index (χ4n) is 2.79. The lowest BCUT2D eigenvalue weighted by molar-refractivity contribution is 0.612. The van der Waals surface area contributed by atoms with Gasteiger partial charge in [-0.25, -0.2) is 19.3 Å². The standard InChI is InChI=1S/C19H16FN5O/c1-11-3-4-13(14(20)7-11)8-15-18-21-5-6-25(18)10-16(23-15)17-22-9-12(2)19(26)24-17/h3-7,9-10H,8H2,1-2H3,(H,22,24,26). The number of H-pyrrole nitrogens is 1. The molecule has 3 aromatic heterocycles. The number of benzene rings is 1. The predicted octanol–water partition coefficient (Wildman–Crippen LogP) is 2.83. The van der Waals surface area contributed by atoms with Crippen LogP contribution in [0.3, 0.4) is 0 Å². The molecule has 0 aliphatic carbocycles. The Morgan fingerprint density at radius 1 is 1.23 bits per heavy atom. The Bertz CT molecular complexity index is 1180. The minimum atomic E-state index is -0.274. The Hall–Kier alpha value is -3.35. The maximum absolute atomic E-state index is 14.3. The number of nitrogens with zero attached hydrogens (tertiary/aromatic N) is 4. The molecule has 0 fully saturated rings. The molecule has 0 saturated heterocycles. The predicted molar refractivity (Wildman–Crippen MR) is 95.5 cm³/mol. The van der Waals surface area contributed by atoms with Crippen molar-refractivity contribution in [2.75, 3.05) is 0 Å². The van der Waals surface area contributed by atoms with Gasteiger partial charge in [-0.1, -0.05) is 12.1 Å². The molecule has 1 N–H and O–H groups in total. The van der Waals surface area contributed by atoms with E-state index in [4.69, 9.17) is 0 Å². The molecule has 0 aliphatic heterocycles.